The van der Waals surface area contributed by atoms with Crippen molar-refractivity contribution in [1.29, 1.82) is 0 Å². The van der Waals surface area contributed by atoms with Crippen molar-refractivity contribution >= 4 is 28.9 Å². The SMILES string of the molecule is CC(c1ccccc1Cl)N(C)c1cccc(F)c1CCl. The summed E-state index contributed by atoms with van der Waals surface area (Å²) in [5.41, 5.74) is 2.30. The van der Waals surface area contributed by atoms with Crippen LogP contribution in [0.2, 0.25) is 5.02 Å². The lowest BCUT2D eigenvalue weighted by atomic mass is 10.1. The van der Waals surface area contributed by atoms with E-state index in [2.05, 4.69) is 0 Å². The van der Waals surface area contributed by atoms with Crippen molar-refractivity contribution in [1.82, 2.24) is 0 Å². The number of alkyl halides is 1. The van der Waals surface area contributed by atoms with Crippen molar-refractivity contribution in [3.63, 3.8) is 0 Å². The van der Waals surface area contributed by atoms with Gasteiger partial charge in [-0.25, -0.2) is 4.39 Å². The first-order valence-electron chi connectivity index (χ1n) is 6.37. The molecule has 1 unspecified atom stereocenters. The first-order valence-corrected chi connectivity index (χ1v) is 7.28. The smallest absolute Gasteiger partial charge is 0.129 e. The maximum atomic E-state index is 13.8. The zero-order valence-corrected chi connectivity index (χ0v) is 12.9. The van der Waals surface area contributed by atoms with E-state index in [1.807, 2.05) is 49.2 Å². The van der Waals surface area contributed by atoms with Crippen LogP contribution < -0.4 is 4.90 Å². The molecule has 1 atom stereocenters. The third-order valence-electron chi connectivity index (χ3n) is 3.54. The molecule has 0 aliphatic heterocycles. The zero-order chi connectivity index (χ0) is 14.7. The molecule has 0 fully saturated rings. The van der Waals surface area contributed by atoms with E-state index in [4.69, 9.17) is 23.2 Å². The van der Waals surface area contributed by atoms with Gasteiger partial charge in [0, 0.05) is 23.3 Å². The van der Waals surface area contributed by atoms with Crippen LogP contribution in [-0.4, -0.2) is 7.05 Å². The van der Waals surface area contributed by atoms with Gasteiger partial charge < -0.3 is 4.90 Å². The molecular formula is C16H16Cl2FN. The Morgan fingerprint density at radius 3 is 2.50 bits per heavy atom. The normalized spacial score (nSPS) is 12.2. The van der Waals surface area contributed by atoms with Gasteiger partial charge in [-0.1, -0.05) is 35.9 Å². The molecule has 106 valence electrons. The van der Waals surface area contributed by atoms with Crippen molar-refractivity contribution in [2.24, 2.45) is 0 Å². The van der Waals surface area contributed by atoms with Gasteiger partial charge in [0.25, 0.3) is 0 Å². The van der Waals surface area contributed by atoms with E-state index in [9.17, 15) is 4.39 Å². The minimum Gasteiger partial charge on any atom is -0.367 e. The zero-order valence-electron chi connectivity index (χ0n) is 11.4. The van der Waals surface area contributed by atoms with E-state index in [1.165, 1.54) is 6.07 Å². The van der Waals surface area contributed by atoms with Crippen LogP contribution in [-0.2, 0) is 5.88 Å². The average Bonchev–Trinajstić information content (AvgIpc) is 2.46. The molecule has 0 bridgehead atoms. The number of nitrogens with zero attached hydrogens (tertiary/aromatic N) is 1. The number of rotatable bonds is 4. The van der Waals surface area contributed by atoms with Gasteiger partial charge in [-0.3, -0.25) is 0 Å². The number of halogens is 3. The molecule has 0 heterocycles. The Morgan fingerprint density at radius 2 is 1.85 bits per heavy atom. The molecule has 4 heteroatoms. The van der Waals surface area contributed by atoms with Crippen LogP contribution in [0.1, 0.15) is 24.1 Å². The first kappa shape index (κ1) is 15.1. The molecule has 0 aliphatic carbocycles. The highest BCUT2D eigenvalue weighted by atomic mass is 35.5. The minimum absolute atomic E-state index is 0.0208. The van der Waals surface area contributed by atoms with Crippen molar-refractivity contribution in [3.05, 3.63) is 64.4 Å². The van der Waals surface area contributed by atoms with E-state index in [1.54, 1.807) is 6.07 Å². The molecule has 0 spiro atoms. The fraction of sp³-hybridized carbons (Fsp3) is 0.250. The van der Waals surface area contributed by atoms with Gasteiger partial charge in [-0.05, 0) is 30.7 Å². The second kappa shape index (κ2) is 6.47. The van der Waals surface area contributed by atoms with E-state index < -0.39 is 0 Å². The van der Waals surface area contributed by atoms with Crippen LogP contribution in [0.4, 0.5) is 10.1 Å². The molecule has 1 nitrogen and oxygen atoms in total. The second-order valence-corrected chi connectivity index (χ2v) is 5.35. The summed E-state index contributed by atoms with van der Waals surface area (Å²) in [6.45, 7) is 2.03. The number of benzene rings is 2. The third kappa shape index (κ3) is 2.92. The Hall–Kier alpha value is -1.25. The van der Waals surface area contributed by atoms with Crippen LogP contribution in [0.5, 0.6) is 0 Å². The summed E-state index contributed by atoms with van der Waals surface area (Å²) in [6, 6.07) is 12.7. The number of hydrogen-bond acceptors (Lipinski definition) is 1. The Bertz CT molecular complexity index is 601. The first-order chi connectivity index (χ1) is 9.56. The summed E-state index contributed by atoms with van der Waals surface area (Å²) in [7, 11) is 1.92. The summed E-state index contributed by atoms with van der Waals surface area (Å²) < 4.78 is 13.8. The Morgan fingerprint density at radius 1 is 1.15 bits per heavy atom. The molecule has 0 radical (unpaired) electrons. The third-order valence-corrected chi connectivity index (χ3v) is 4.16. The summed E-state index contributed by atoms with van der Waals surface area (Å²) in [6.07, 6.45) is 0. The molecule has 0 saturated heterocycles. The van der Waals surface area contributed by atoms with Gasteiger partial charge in [0.2, 0.25) is 0 Å². The van der Waals surface area contributed by atoms with Crippen molar-refractivity contribution in [3.8, 4) is 0 Å². The van der Waals surface area contributed by atoms with Crippen LogP contribution in [0, 0.1) is 5.82 Å². The predicted octanol–water partition coefficient (Wildman–Crippen LogP) is 5.42. The fourth-order valence-electron chi connectivity index (χ4n) is 2.24. The Kier molecular flexibility index (Phi) is 4.90. The molecule has 20 heavy (non-hydrogen) atoms. The molecule has 0 saturated carbocycles. The minimum atomic E-state index is -0.282. The van der Waals surface area contributed by atoms with Crippen LogP contribution in [0.15, 0.2) is 42.5 Å². The van der Waals surface area contributed by atoms with E-state index >= 15 is 0 Å². The molecule has 0 aliphatic rings. The monoisotopic (exact) mass is 311 g/mol. The van der Waals surface area contributed by atoms with Gasteiger partial charge in [0.1, 0.15) is 5.82 Å². The predicted molar refractivity (Wildman–Crippen MR) is 84.2 cm³/mol. The molecule has 2 rings (SSSR count). The van der Waals surface area contributed by atoms with E-state index in [0.29, 0.717) is 10.6 Å². The standard InChI is InChI=1S/C16H16Cl2FN/c1-11(12-6-3-4-7-14(12)18)20(2)16-9-5-8-15(19)13(16)10-17/h3-9,11H,10H2,1-2H3. The fourth-order valence-corrected chi connectivity index (χ4v) is 2.80. The topological polar surface area (TPSA) is 3.24 Å². The highest BCUT2D eigenvalue weighted by Gasteiger charge is 2.18. The van der Waals surface area contributed by atoms with Gasteiger partial charge >= 0.3 is 0 Å². The van der Waals surface area contributed by atoms with Gasteiger partial charge in [-0.2, -0.15) is 0 Å². The van der Waals surface area contributed by atoms with Crippen LogP contribution in [0.25, 0.3) is 0 Å². The summed E-state index contributed by atoms with van der Waals surface area (Å²) in [5.74, 6) is -0.141. The lowest BCUT2D eigenvalue weighted by molar-refractivity contribution is 0.614. The molecular weight excluding hydrogens is 296 g/mol. The van der Waals surface area contributed by atoms with Crippen molar-refractivity contribution < 1.29 is 4.39 Å². The lowest BCUT2D eigenvalue weighted by Gasteiger charge is -2.29. The summed E-state index contributed by atoms with van der Waals surface area (Å²) in [4.78, 5) is 1.99. The van der Waals surface area contributed by atoms with E-state index in [0.717, 1.165) is 11.3 Å². The summed E-state index contributed by atoms with van der Waals surface area (Å²) in [5, 5.41) is 0.704. The number of anilines is 1. The number of hydrogen-bond donors (Lipinski definition) is 0. The average molecular weight is 312 g/mol. The maximum Gasteiger partial charge on any atom is 0.129 e. The van der Waals surface area contributed by atoms with E-state index in [-0.39, 0.29) is 17.7 Å². The summed E-state index contributed by atoms with van der Waals surface area (Å²) >= 11 is 12.1. The van der Waals surface area contributed by atoms with Gasteiger partial charge in [0.15, 0.2) is 0 Å². The van der Waals surface area contributed by atoms with Gasteiger partial charge in [-0.15, -0.1) is 11.6 Å². The van der Waals surface area contributed by atoms with Gasteiger partial charge in [0.05, 0.1) is 11.9 Å². The molecule has 0 aromatic heterocycles. The van der Waals surface area contributed by atoms with Crippen LogP contribution >= 0.6 is 23.2 Å². The molecule has 2 aromatic rings. The second-order valence-electron chi connectivity index (χ2n) is 4.68. The van der Waals surface area contributed by atoms with Crippen molar-refractivity contribution in [2.45, 2.75) is 18.8 Å². The molecule has 0 N–H and O–H groups in total. The highest BCUT2D eigenvalue weighted by Crippen LogP contribution is 2.33. The highest BCUT2D eigenvalue weighted by molar-refractivity contribution is 6.31. The lowest BCUT2D eigenvalue weighted by Crippen LogP contribution is -2.23. The largest absolute Gasteiger partial charge is 0.367 e. The maximum absolute atomic E-state index is 13.8. The van der Waals surface area contributed by atoms with Crippen LogP contribution in [0.3, 0.4) is 0 Å². The quantitative estimate of drug-likeness (QED) is 0.682. The van der Waals surface area contributed by atoms with Crippen molar-refractivity contribution in [2.75, 3.05) is 11.9 Å². The molecule has 2 aromatic carbocycles. The molecule has 0 amide bonds. The Balaban J connectivity index is 2.39. The Labute approximate surface area is 128 Å².